The summed E-state index contributed by atoms with van der Waals surface area (Å²) in [6.07, 6.45) is -0.447. The molecular formula is C21H18N4O. The summed E-state index contributed by atoms with van der Waals surface area (Å²) in [4.78, 5) is 12.8. The second-order valence-electron chi connectivity index (χ2n) is 6.18. The first-order valence-corrected chi connectivity index (χ1v) is 8.45. The summed E-state index contributed by atoms with van der Waals surface area (Å²) in [5.41, 5.74) is 4.32. The van der Waals surface area contributed by atoms with Gasteiger partial charge in [0.15, 0.2) is 6.17 Å². The summed E-state index contributed by atoms with van der Waals surface area (Å²) in [6, 6.07) is 25.0. The number of amides is 1. The van der Waals surface area contributed by atoms with Crippen LogP contribution in [0.5, 0.6) is 0 Å². The molecule has 3 aromatic carbocycles. The third-order valence-electron chi connectivity index (χ3n) is 4.32. The van der Waals surface area contributed by atoms with Crippen molar-refractivity contribution in [3.63, 3.8) is 0 Å². The van der Waals surface area contributed by atoms with E-state index in [-0.39, 0.29) is 5.91 Å². The highest BCUT2D eigenvalue weighted by molar-refractivity contribution is 5.94. The Kier molecular flexibility index (Phi) is 4.19. The van der Waals surface area contributed by atoms with Gasteiger partial charge in [-0.3, -0.25) is 4.79 Å². The fraction of sp³-hybridized carbons (Fsp3) is 0.0952. The smallest absolute Gasteiger partial charge is 0.253 e. The number of nitrogens with zero attached hydrogens (tertiary/aromatic N) is 3. The minimum absolute atomic E-state index is 0.154. The fourth-order valence-corrected chi connectivity index (χ4v) is 2.91. The standard InChI is InChI=1S/C21H18N4O/c1-15-11-13-17(14-12-15)21(26)22-20(16-7-3-2-4-8-16)25-19-10-6-5-9-18(19)23-24-25/h2-14,20H,1H3,(H,22,26). The maximum absolute atomic E-state index is 12.8. The molecule has 26 heavy (non-hydrogen) atoms. The van der Waals surface area contributed by atoms with Crippen LogP contribution in [-0.4, -0.2) is 20.9 Å². The highest BCUT2D eigenvalue weighted by Crippen LogP contribution is 2.20. The van der Waals surface area contributed by atoms with E-state index in [1.807, 2.05) is 85.8 Å². The summed E-state index contributed by atoms with van der Waals surface area (Å²) in [6.45, 7) is 2.00. The number of carbonyl (C=O) groups is 1. The number of hydrogen-bond donors (Lipinski definition) is 1. The van der Waals surface area contributed by atoms with Gasteiger partial charge in [0.1, 0.15) is 5.52 Å². The Morgan fingerprint density at radius 3 is 2.38 bits per heavy atom. The van der Waals surface area contributed by atoms with E-state index in [4.69, 9.17) is 0 Å². The summed E-state index contributed by atoms with van der Waals surface area (Å²) >= 11 is 0. The Bertz CT molecular complexity index is 1040. The van der Waals surface area contributed by atoms with Crippen LogP contribution in [0, 0.1) is 6.92 Å². The van der Waals surface area contributed by atoms with Crippen molar-refractivity contribution in [2.45, 2.75) is 13.1 Å². The maximum Gasteiger partial charge on any atom is 0.253 e. The number of para-hydroxylation sites is 1. The molecule has 1 N–H and O–H groups in total. The normalized spacial score (nSPS) is 12.0. The second-order valence-corrected chi connectivity index (χ2v) is 6.18. The molecule has 0 aliphatic carbocycles. The zero-order valence-corrected chi connectivity index (χ0v) is 14.3. The predicted molar refractivity (Wildman–Crippen MR) is 101 cm³/mol. The minimum Gasteiger partial charge on any atom is -0.326 e. The second kappa shape index (κ2) is 6.80. The molecule has 4 rings (SSSR count). The molecule has 0 saturated heterocycles. The van der Waals surface area contributed by atoms with Gasteiger partial charge in [0.25, 0.3) is 5.91 Å². The fourth-order valence-electron chi connectivity index (χ4n) is 2.91. The lowest BCUT2D eigenvalue weighted by Gasteiger charge is -2.20. The van der Waals surface area contributed by atoms with Gasteiger partial charge in [-0.1, -0.05) is 65.4 Å². The Morgan fingerprint density at radius 1 is 0.923 bits per heavy atom. The van der Waals surface area contributed by atoms with E-state index < -0.39 is 6.17 Å². The van der Waals surface area contributed by atoms with Gasteiger partial charge in [0.05, 0.1) is 5.52 Å². The summed E-state index contributed by atoms with van der Waals surface area (Å²) in [7, 11) is 0. The average Bonchev–Trinajstić information content (AvgIpc) is 3.11. The van der Waals surface area contributed by atoms with Crippen LogP contribution in [0.25, 0.3) is 11.0 Å². The molecule has 0 aliphatic heterocycles. The first-order valence-electron chi connectivity index (χ1n) is 8.45. The number of benzene rings is 3. The van der Waals surface area contributed by atoms with Gasteiger partial charge in [0.2, 0.25) is 0 Å². The van der Waals surface area contributed by atoms with Gasteiger partial charge < -0.3 is 5.32 Å². The molecule has 0 saturated carbocycles. The minimum atomic E-state index is -0.447. The molecular weight excluding hydrogens is 324 g/mol. The van der Waals surface area contributed by atoms with Crippen LogP contribution in [0.3, 0.4) is 0 Å². The molecule has 4 aromatic rings. The number of aryl methyl sites for hydroxylation is 1. The van der Waals surface area contributed by atoms with E-state index in [0.717, 1.165) is 22.2 Å². The predicted octanol–water partition coefficient (Wildman–Crippen LogP) is 3.72. The molecule has 1 aromatic heterocycles. The van der Waals surface area contributed by atoms with E-state index in [0.29, 0.717) is 5.56 Å². The molecule has 0 fully saturated rings. The van der Waals surface area contributed by atoms with E-state index in [9.17, 15) is 4.79 Å². The van der Waals surface area contributed by atoms with Crippen molar-refractivity contribution in [1.29, 1.82) is 0 Å². The Labute approximate surface area is 151 Å². The van der Waals surface area contributed by atoms with Gasteiger partial charge in [0, 0.05) is 5.56 Å². The van der Waals surface area contributed by atoms with Crippen molar-refractivity contribution in [2.24, 2.45) is 0 Å². The zero-order chi connectivity index (χ0) is 17.9. The first kappa shape index (κ1) is 16.0. The molecule has 0 bridgehead atoms. The van der Waals surface area contributed by atoms with Crippen LogP contribution in [-0.2, 0) is 0 Å². The number of nitrogens with one attached hydrogen (secondary N) is 1. The molecule has 5 nitrogen and oxygen atoms in total. The Morgan fingerprint density at radius 2 is 1.62 bits per heavy atom. The molecule has 0 radical (unpaired) electrons. The third kappa shape index (κ3) is 3.07. The molecule has 1 unspecified atom stereocenters. The van der Waals surface area contributed by atoms with Crippen molar-refractivity contribution in [1.82, 2.24) is 20.3 Å². The van der Waals surface area contributed by atoms with Crippen molar-refractivity contribution in [3.8, 4) is 0 Å². The molecule has 1 atom stereocenters. The SMILES string of the molecule is Cc1ccc(C(=O)NC(c2ccccc2)n2nnc3ccccc32)cc1. The topological polar surface area (TPSA) is 59.8 Å². The number of hydrogen-bond acceptors (Lipinski definition) is 3. The highest BCUT2D eigenvalue weighted by atomic mass is 16.1. The van der Waals surface area contributed by atoms with Gasteiger partial charge in [-0.05, 0) is 36.8 Å². The lowest BCUT2D eigenvalue weighted by Crippen LogP contribution is -2.33. The van der Waals surface area contributed by atoms with Gasteiger partial charge >= 0.3 is 0 Å². The average molecular weight is 342 g/mol. The van der Waals surface area contributed by atoms with Crippen LogP contribution >= 0.6 is 0 Å². The van der Waals surface area contributed by atoms with Crippen LogP contribution in [0.2, 0.25) is 0 Å². The molecule has 128 valence electrons. The molecule has 1 heterocycles. The summed E-state index contributed by atoms with van der Waals surface area (Å²) in [5, 5.41) is 11.6. The maximum atomic E-state index is 12.8. The Hall–Kier alpha value is -3.47. The van der Waals surface area contributed by atoms with Crippen molar-refractivity contribution in [3.05, 3.63) is 95.6 Å². The van der Waals surface area contributed by atoms with Crippen molar-refractivity contribution < 1.29 is 4.79 Å². The van der Waals surface area contributed by atoms with Crippen molar-refractivity contribution >= 4 is 16.9 Å². The molecule has 0 spiro atoms. The van der Waals surface area contributed by atoms with E-state index in [2.05, 4.69) is 15.6 Å². The van der Waals surface area contributed by atoms with E-state index in [1.54, 1.807) is 4.68 Å². The Balaban J connectivity index is 1.74. The highest BCUT2D eigenvalue weighted by Gasteiger charge is 2.20. The van der Waals surface area contributed by atoms with E-state index >= 15 is 0 Å². The molecule has 0 aliphatic rings. The summed E-state index contributed by atoms with van der Waals surface area (Å²) < 4.78 is 1.75. The van der Waals surface area contributed by atoms with Gasteiger partial charge in [-0.15, -0.1) is 5.10 Å². The van der Waals surface area contributed by atoms with Crippen LogP contribution in [0.1, 0.15) is 27.7 Å². The number of rotatable bonds is 4. The van der Waals surface area contributed by atoms with Gasteiger partial charge in [-0.2, -0.15) is 0 Å². The summed E-state index contributed by atoms with van der Waals surface area (Å²) in [5.74, 6) is -0.154. The van der Waals surface area contributed by atoms with Crippen LogP contribution in [0.15, 0.2) is 78.9 Å². The lowest BCUT2D eigenvalue weighted by molar-refractivity contribution is 0.0927. The van der Waals surface area contributed by atoms with Gasteiger partial charge in [-0.25, -0.2) is 4.68 Å². The molecule has 5 heteroatoms. The molecule has 1 amide bonds. The first-order chi connectivity index (χ1) is 12.7. The van der Waals surface area contributed by atoms with Crippen LogP contribution < -0.4 is 5.32 Å². The third-order valence-corrected chi connectivity index (χ3v) is 4.32. The number of aromatic nitrogens is 3. The largest absolute Gasteiger partial charge is 0.326 e. The number of carbonyl (C=O) groups excluding carboxylic acids is 1. The number of fused-ring (bicyclic) bond motifs is 1. The van der Waals surface area contributed by atoms with Crippen LogP contribution in [0.4, 0.5) is 0 Å². The monoisotopic (exact) mass is 342 g/mol. The lowest BCUT2D eigenvalue weighted by atomic mass is 10.1. The van der Waals surface area contributed by atoms with Crippen molar-refractivity contribution in [2.75, 3.05) is 0 Å². The quantitative estimate of drug-likeness (QED) is 0.615. The van der Waals surface area contributed by atoms with E-state index in [1.165, 1.54) is 0 Å². The zero-order valence-electron chi connectivity index (χ0n) is 14.3.